The van der Waals surface area contributed by atoms with Crippen LogP contribution in [0.5, 0.6) is 46.0 Å². The molecule has 720 valence electrons. The third kappa shape index (κ3) is 20.1. The lowest BCUT2D eigenvalue weighted by molar-refractivity contribution is -0.208. The van der Waals surface area contributed by atoms with E-state index >= 15 is 17.6 Å². The van der Waals surface area contributed by atoms with Gasteiger partial charge in [-0.15, -0.1) is 0 Å². The Morgan fingerprint density at radius 2 is 0.742 bits per heavy atom. The van der Waals surface area contributed by atoms with Crippen LogP contribution in [-0.4, -0.2) is 241 Å². The molecule has 0 spiro atoms. The molecular weight excluding hydrogens is 1880 g/mol. The molecule has 0 saturated carbocycles. The first-order valence-corrected chi connectivity index (χ1v) is 43.5. The number of fused-ring (bicyclic) bond motifs is 4. The van der Waals surface area contributed by atoms with Gasteiger partial charge in [0.15, 0.2) is 70.9 Å². The number of H-pyrrole nitrogens is 3. The summed E-state index contributed by atoms with van der Waals surface area (Å²) in [7, 11) is -13.4. The number of amides is 1. The largest absolute Gasteiger partial charge is 0.530 e. The van der Waals surface area contributed by atoms with E-state index in [0.29, 0.717) is 42.5 Å². The van der Waals surface area contributed by atoms with Gasteiger partial charge in [0.1, 0.15) is 81.0 Å². The number of benzene rings is 4. The fraction of sp³-hybridized carbons (Fsp3) is 0.438. The van der Waals surface area contributed by atoms with Crippen molar-refractivity contribution in [1.29, 1.82) is 0 Å². The zero-order chi connectivity index (χ0) is 101. The number of phosphoric ester groups is 4. The molecule has 0 radical (unpaired) electrons. The van der Waals surface area contributed by atoms with E-state index in [2.05, 4.69) is 11.9 Å². The Morgan fingerprint density at radius 1 is 0.439 bits per heavy atom. The number of nitrogens with one attached hydrogen (secondary N) is 4. The molecule has 16 rings (SSSR count). The molecule has 51 nitrogen and oxygen atoms in total. The first-order valence-electron chi connectivity index (χ1n) is 40.7. The highest BCUT2D eigenvalue weighted by molar-refractivity contribution is 7.49. The van der Waals surface area contributed by atoms with Crippen molar-refractivity contribution in [2.24, 2.45) is 0 Å². The third-order valence-electron chi connectivity index (χ3n) is 19.9. The summed E-state index contributed by atoms with van der Waals surface area (Å²) in [4.78, 5) is 89.3. The summed E-state index contributed by atoms with van der Waals surface area (Å²) in [6, 6.07) is 18.7. The maximum Gasteiger partial charge on any atom is 0.530 e. The van der Waals surface area contributed by atoms with Crippen LogP contribution in [0.2, 0.25) is 0 Å². The second-order valence-electron chi connectivity index (χ2n) is 28.4. The summed E-state index contributed by atoms with van der Waals surface area (Å²) in [6.45, 7) is -11.2. The number of halogens is 4. The Balaban J connectivity index is 0.000000155. The van der Waals surface area contributed by atoms with Crippen LogP contribution in [0, 0.1) is 0 Å². The zero-order valence-corrected chi connectivity index (χ0v) is 71.5. The predicted octanol–water partition coefficient (Wildman–Crippen LogP) is -0.685. The van der Waals surface area contributed by atoms with E-state index in [1.54, 1.807) is 64.6 Å². The summed E-state index contributed by atoms with van der Waals surface area (Å²) in [5.41, 5.74) is -6.08. The maximum absolute atomic E-state index is 16.0. The first-order chi connectivity index (χ1) is 64.6. The quantitative estimate of drug-likeness (QED) is 0.0263. The number of hydrogen-bond donors (Lipinski definition) is 16. The van der Waals surface area contributed by atoms with Gasteiger partial charge in [-0.05, 0) is 24.3 Å². The van der Waals surface area contributed by atoms with Crippen molar-refractivity contribution in [3.63, 3.8) is 0 Å². The highest BCUT2D eigenvalue weighted by Gasteiger charge is 2.63. The zero-order valence-electron chi connectivity index (χ0n) is 73.9. The fourth-order valence-corrected chi connectivity index (χ4v) is 17.7. The van der Waals surface area contributed by atoms with E-state index in [1.165, 1.54) is 46.6 Å². The number of nitrogens with zero attached hydrogens (tertiary/aromatic N) is 4. The summed E-state index contributed by atoms with van der Waals surface area (Å²) in [5, 5.41) is 122. The Kier molecular flexibility index (Phi) is 27.1. The number of aromatic nitrogens is 6. The minimum Gasteiger partial charge on any atom is -0.493 e. The van der Waals surface area contributed by atoms with E-state index in [9.17, 15) is 113 Å². The average molecular weight is 1970 g/mol. The van der Waals surface area contributed by atoms with Gasteiger partial charge in [-0.3, -0.25) is 84.0 Å². The van der Waals surface area contributed by atoms with Crippen LogP contribution in [0.1, 0.15) is 65.8 Å². The summed E-state index contributed by atoms with van der Waals surface area (Å²) in [5.74, 6) is -15.2. The Hall–Kier alpha value is -10.2. The molecule has 0 aliphatic carbocycles. The highest BCUT2D eigenvalue weighted by atomic mass is 31.2. The van der Waals surface area contributed by atoms with Gasteiger partial charge in [-0.2, -0.15) is 0 Å². The molecule has 1 amide bonds. The van der Waals surface area contributed by atoms with Crippen LogP contribution in [-0.2, 0) is 124 Å². The van der Waals surface area contributed by atoms with Crippen LogP contribution < -0.4 is 76.1 Å². The molecule has 3 aromatic heterocycles. The van der Waals surface area contributed by atoms with Crippen molar-refractivity contribution in [2.75, 3.05) is 61.4 Å². The number of para-hydroxylation sites is 4. The summed E-state index contributed by atoms with van der Waals surface area (Å²) >= 11 is 0. The number of aliphatic hydroxyl groups excluding tert-OH is 12. The molecule has 9 aliphatic heterocycles. The van der Waals surface area contributed by atoms with Gasteiger partial charge >= 0.3 is 48.4 Å². The molecule has 132 heavy (non-hydrogen) atoms. The van der Waals surface area contributed by atoms with E-state index < -0.39 is 239 Å². The molecule has 16 N–H and O–H groups in total. The number of carbonyl (C=O) groups is 1. The monoisotopic (exact) mass is 1960 g/mol. The van der Waals surface area contributed by atoms with Crippen LogP contribution in [0.4, 0.5) is 17.6 Å². The average Bonchev–Trinajstić information content (AvgIpc) is 1.55. The fourth-order valence-electron chi connectivity index (χ4n) is 13.0. The lowest BCUT2D eigenvalue weighted by atomic mass is 10.1. The number of alkyl halides is 4. The SMILES string of the molecule is COc1cccc2c1OP(=O)(OC[C@@]1(F)O[C@@H](n3cc(CO)c(=O)[nH]c3=O)[C@H](O)[C@@H]1O)OC2.[2H]C([2H])(OP1(=O)OCc2cccc(OC)c2O1)[C@@]1(F)O[C@@H](n2cc(CO)c(=O)[nH]c2=O)[C@H](O)[C@@H]1O.[2H]C([2H])(OP1(=O)OCc2cccc(OC)c2O1)[C@@]1(F)O[C@@]([2H])(N2C=C(CO)C(=O)NC2=C)[C@H](O)[C@@H]1O.[2H][C@@]1(n2cc(CO)c(=O)[nH]c2=O)O[C@](F)(COP2(=O)OCc3cccc(OC)c3O2)[C@@H](O)[C@H]1O. The smallest absolute Gasteiger partial charge is 0.493 e. The second-order valence-corrected chi connectivity index (χ2v) is 34.6. The van der Waals surface area contributed by atoms with Crippen LogP contribution in [0.15, 0.2) is 144 Å². The van der Waals surface area contributed by atoms with Crippen LogP contribution in [0.3, 0.4) is 0 Å². The van der Waals surface area contributed by atoms with E-state index in [4.69, 9.17) is 100 Å². The molecule has 20 atom stereocenters. The Morgan fingerprint density at radius 3 is 1.11 bits per heavy atom. The molecule has 59 heteroatoms. The molecule has 4 unspecified atom stereocenters. The highest BCUT2D eigenvalue weighted by Crippen LogP contribution is 2.62. The van der Waals surface area contributed by atoms with Crippen LogP contribution >= 0.6 is 31.3 Å². The normalized spacial score (nSPS) is 33.8. The van der Waals surface area contributed by atoms with Gasteiger partial charge in [0.2, 0.25) is 0 Å². The Labute approximate surface area is 743 Å². The van der Waals surface area contributed by atoms with Crippen molar-refractivity contribution >= 4 is 37.2 Å². The maximum atomic E-state index is 16.0. The van der Waals surface area contributed by atoms with Gasteiger partial charge in [-0.1, -0.05) is 55.1 Å². The first kappa shape index (κ1) is 90.9. The standard InChI is InChI=1S/C19H22FN2O10P.3C18H20FN2O11P/c1-10-21-17(26)12(7-23)6-22(10)18-14(24)16(25)19(20,31-18)9-30-33(27)29-8-11-4-3-5-13(28-2)15(11)32-33;3*1-28-11-4-2-3-9-7-29-33(27,32-13(9)11)30-8-18(19)14(24)12(23)16(31-18)21-5-10(6-22)15(25)20-17(21)26/h3-6,14,16,18,23-25H,1,7-9H2,2H3,(H,21,26);3*2-5,12,14,16,22-24H,6-8H2,1H3,(H,20,25,26)/t14-,16+,18-,19-,33?;3*12-,14+,16-,18-,33?/m1111/s1/i9D2,18D;16D;8D2;. The molecule has 9 aliphatic rings. The van der Waals surface area contributed by atoms with Crippen molar-refractivity contribution < 1.29 is 202 Å². The van der Waals surface area contributed by atoms with E-state index in [1.807, 2.05) is 4.98 Å². The van der Waals surface area contributed by atoms with Gasteiger partial charge in [0, 0.05) is 47.0 Å². The predicted molar refractivity (Wildman–Crippen MR) is 423 cm³/mol. The van der Waals surface area contributed by atoms with E-state index in [-0.39, 0.29) is 87.1 Å². The topological polar surface area (TPSA) is 693 Å². The number of rotatable bonds is 24. The third-order valence-corrected chi connectivity index (χ3v) is 24.8. The number of methoxy groups -OCH3 is 4. The lowest BCUT2D eigenvalue weighted by Crippen LogP contribution is -2.48. The molecule has 4 fully saturated rings. The Bertz CT molecular complexity index is 6440. The van der Waals surface area contributed by atoms with Gasteiger partial charge in [0.05, 0.1) is 112 Å². The number of phosphoric acid groups is 4. The molecule has 7 aromatic rings. The molecular formula is C73H82F4N8O43P4. The molecule has 4 saturated heterocycles. The summed E-state index contributed by atoms with van der Waals surface area (Å²) < 4.78 is 266. The lowest BCUT2D eigenvalue weighted by Gasteiger charge is -2.34. The number of aliphatic hydroxyl groups is 12. The van der Waals surface area contributed by atoms with Crippen LogP contribution in [0.25, 0.3) is 0 Å². The van der Waals surface area contributed by atoms with Crippen molar-refractivity contribution in [1.82, 2.24) is 38.9 Å². The van der Waals surface area contributed by atoms with Gasteiger partial charge in [-0.25, -0.2) is 50.2 Å². The van der Waals surface area contributed by atoms with Crippen molar-refractivity contribution in [2.45, 2.75) is 143 Å². The molecule has 0 bridgehead atoms. The van der Waals surface area contributed by atoms with Crippen molar-refractivity contribution in [3.05, 3.63) is 217 Å². The van der Waals surface area contributed by atoms with Gasteiger partial charge in [0.25, 0.3) is 46.0 Å². The molecule has 4 aromatic carbocycles. The minimum atomic E-state index is -4.92. The number of ether oxygens (including phenoxy) is 8. The summed E-state index contributed by atoms with van der Waals surface area (Å²) in [6.07, 6.45) is -26.2. The number of aromatic amines is 3. The minimum absolute atomic E-state index is 0.0339. The second kappa shape index (κ2) is 39.4. The van der Waals surface area contributed by atoms with E-state index in [0.717, 1.165) is 18.6 Å². The number of hydrogen-bond acceptors (Lipinski definition) is 44. The van der Waals surface area contributed by atoms with Gasteiger partial charge < -0.3 is 127 Å². The van der Waals surface area contributed by atoms with Crippen molar-refractivity contribution in [3.8, 4) is 46.0 Å². The molecule has 12 heterocycles. The number of carbonyl (C=O) groups excluding carboxylic acids is 1.